The molecule has 0 spiro atoms. The van der Waals surface area contributed by atoms with Gasteiger partial charge in [-0.05, 0) is 90.8 Å². The third-order valence-corrected chi connectivity index (χ3v) is 10.9. The van der Waals surface area contributed by atoms with Crippen LogP contribution in [0, 0.1) is 10.8 Å². The molecule has 2 N–H and O–H groups in total. The zero-order valence-electron chi connectivity index (χ0n) is 22.2. The fourth-order valence-electron chi connectivity index (χ4n) is 6.19. The molecule has 11 heteroatoms. The minimum Gasteiger partial charge on any atom is -0.468 e. The molecule has 39 heavy (non-hydrogen) atoms. The Labute approximate surface area is 229 Å². The minimum absolute atomic E-state index is 0.0150. The van der Waals surface area contributed by atoms with Gasteiger partial charge < -0.3 is 9.73 Å². The number of anilines is 1. The number of carbonyl (C=O) groups is 1. The molecule has 2 heterocycles. The van der Waals surface area contributed by atoms with Gasteiger partial charge in [-0.2, -0.15) is 4.31 Å². The lowest BCUT2D eigenvalue weighted by Crippen LogP contribution is -2.37. The van der Waals surface area contributed by atoms with E-state index >= 15 is 0 Å². The molecule has 1 aromatic heterocycles. The highest BCUT2D eigenvalue weighted by atomic mass is 32.2. The zero-order valence-corrected chi connectivity index (χ0v) is 23.8. The lowest BCUT2D eigenvalue weighted by Gasteiger charge is -2.39. The Balaban J connectivity index is 1.23. The summed E-state index contributed by atoms with van der Waals surface area (Å²) in [6, 6.07) is 15.0. The first-order valence-electron chi connectivity index (χ1n) is 12.8. The van der Waals surface area contributed by atoms with Crippen molar-refractivity contribution in [1.82, 2.24) is 9.03 Å². The lowest BCUT2D eigenvalue weighted by atomic mass is 9.65. The summed E-state index contributed by atoms with van der Waals surface area (Å²) < 4.78 is 61.3. The van der Waals surface area contributed by atoms with Gasteiger partial charge in [0.15, 0.2) is 0 Å². The highest BCUT2D eigenvalue weighted by Crippen LogP contribution is 2.53. The second kappa shape index (κ2) is 9.88. The Hall–Kier alpha value is -2.99. The van der Waals surface area contributed by atoms with Crippen LogP contribution in [0.25, 0.3) is 0 Å². The Kier molecular flexibility index (Phi) is 6.99. The largest absolute Gasteiger partial charge is 0.468 e. The maximum atomic E-state index is 13.5. The summed E-state index contributed by atoms with van der Waals surface area (Å²) in [5, 5.41) is 2.72. The normalized spacial score (nSPS) is 23.0. The molecule has 2 bridgehead atoms. The first-order chi connectivity index (χ1) is 18.3. The zero-order chi connectivity index (χ0) is 28.1. The third kappa shape index (κ3) is 5.81. The predicted octanol–water partition coefficient (Wildman–Crippen LogP) is 4.60. The monoisotopic (exact) mass is 571 g/mol. The predicted molar refractivity (Wildman–Crippen MR) is 147 cm³/mol. The average molecular weight is 572 g/mol. The van der Waals surface area contributed by atoms with Crippen molar-refractivity contribution in [3.8, 4) is 0 Å². The van der Waals surface area contributed by atoms with Gasteiger partial charge in [0.1, 0.15) is 5.76 Å². The number of nitrogens with one attached hydrogen (secondary N) is 2. The minimum atomic E-state index is -3.76. The molecular formula is C28H33N3O6S2. The number of nitrogens with zero attached hydrogens (tertiary/aromatic N) is 1. The van der Waals surface area contributed by atoms with Gasteiger partial charge in [-0.15, -0.1) is 0 Å². The third-order valence-electron chi connectivity index (χ3n) is 7.53. The Morgan fingerprint density at radius 2 is 1.62 bits per heavy atom. The molecule has 0 radical (unpaired) electrons. The quantitative estimate of drug-likeness (QED) is 0.407. The van der Waals surface area contributed by atoms with Gasteiger partial charge in [0.25, 0.3) is 5.91 Å². The van der Waals surface area contributed by atoms with E-state index in [1.807, 2.05) is 0 Å². The lowest BCUT2D eigenvalue weighted by molar-refractivity contribution is 0.102. The van der Waals surface area contributed by atoms with Crippen LogP contribution in [-0.2, 0) is 26.6 Å². The molecule has 2 fully saturated rings. The smallest absolute Gasteiger partial charge is 0.255 e. The van der Waals surface area contributed by atoms with Gasteiger partial charge in [-0.3, -0.25) is 4.79 Å². The van der Waals surface area contributed by atoms with Gasteiger partial charge in [-0.1, -0.05) is 20.8 Å². The van der Waals surface area contributed by atoms with Crippen molar-refractivity contribution in [1.29, 1.82) is 0 Å². The van der Waals surface area contributed by atoms with Gasteiger partial charge in [-0.25, -0.2) is 21.6 Å². The molecule has 0 unspecified atom stereocenters. The van der Waals surface area contributed by atoms with Crippen LogP contribution in [0.15, 0.2) is 81.1 Å². The fraction of sp³-hybridized carbons (Fsp3) is 0.393. The molecule has 1 aliphatic heterocycles. The van der Waals surface area contributed by atoms with Crippen LogP contribution in [0.3, 0.4) is 0 Å². The van der Waals surface area contributed by atoms with E-state index in [-0.39, 0.29) is 33.2 Å². The van der Waals surface area contributed by atoms with Crippen molar-refractivity contribution in [2.75, 3.05) is 11.9 Å². The van der Waals surface area contributed by atoms with Gasteiger partial charge in [0, 0.05) is 23.8 Å². The standard InChI is InChI=1S/C28H33N3O6S2/c1-27(2)15-22-16-28(3,18-27)19-31(22)39(35,36)25-10-6-20(7-11-25)26(32)30-21-8-12-24(13-9-21)38(33,34)29-17-23-5-4-14-37-23/h4-14,22,29H,15-19H2,1-3H3,(H,30,32)/t22-,28+/m1/s1. The van der Waals surface area contributed by atoms with E-state index in [2.05, 4.69) is 30.8 Å². The van der Waals surface area contributed by atoms with Crippen molar-refractivity contribution in [2.24, 2.45) is 10.8 Å². The van der Waals surface area contributed by atoms with E-state index in [1.54, 1.807) is 16.4 Å². The maximum absolute atomic E-state index is 13.5. The van der Waals surface area contributed by atoms with E-state index in [9.17, 15) is 21.6 Å². The molecular weight excluding hydrogens is 538 g/mol. The molecule has 5 rings (SSSR count). The number of fused-ring (bicyclic) bond motifs is 2. The van der Waals surface area contributed by atoms with E-state index in [1.165, 1.54) is 54.8 Å². The summed E-state index contributed by atoms with van der Waals surface area (Å²) >= 11 is 0. The molecule has 2 aromatic carbocycles. The number of benzene rings is 2. The number of furan rings is 1. The molecule has 9 nitrogen and oxygen atoms in total. The van der Waals surface area contributed by atoms with Crippen molar-refractivity contribution in [3.63, 3.8) is 0 Å². The average Bonchev–Trinajstić information content (AvgIpc) is 3.48. The van der Waals surface area contributed by atoms with Crippen LogP contribution in [0.5, 0.6) is 0 Å². The van der Waals surface area contributed by atoms with Crippen molar-refractivity contribution < 1.29 is 26.0 Å². The summed E-state index contributed by atoms with van der Waals surface area (Å²) in [6.07, 6.45) is 4.17. The summed E-state index contributed by atoms with van der Waals surface area (Å²) in [7, 11) is -7.45. The highest BCUT2D eigenvalue weighted by Gasteiger charge is 2.53. The number of rotatable bonds is 8. The van der Waals surface area contributed by atoms with E-state index in [4.69, 9.17) is 4.42 Å². The van der Waals surface area contributed by atoms with Crippen LogP contribution in [-0.4, -0.2) is 39.6 Å². The molecule has 2 atom stereocenters. The van der Waals surface area contributed by atoms with Crippen molar-refractivity contribution in [3.05, 3.63) is 78.3 Å². The first kappa shape index (κ1) is 27.6. The topological polar surface area (TPSA) is 126 Å². The number of carbonyl (C=O) groups excluding carboxylic acids is 1. The van der Waals surface area contributed by atoms with Crippen LogP contribution >= 0.6 is 0 Å². The van der Waals surface area contributed by atoms with Gasteiger partial charge in [0.05, 0.1) is 22.6 Å². The molecule has 1 saturated carbocycles. The van der Waals surface area contributed by atoms with Gasteiger partial charge in [0.2, 0.25) is 20.0 Å². The van der Waals surface area contributed by atoms with Crippen LogP contribution < -0.4 is 10.0 Å². The van der Waals surface area contributed by atoms with E-state index in [0.29, 0.717) is 23.6 Å². The Morgan fingerprint density at radius 3 is 2.26 bits per heavy atom. The molecule has 2 aliphatic rings. The second-order valence-electron chi connectivity index (χ2n) is 11.7. The number of sulfonamides is 2. The number of hydrogen-bond acceptors (Lipinski definition) is 6. The van der Waals surface area contributed by atoms with E-state index < -0.39 is 26.0 Å². The van der Waals surface area contributed by atoms with Crippen molar-refractivity contribution >= 4 is 31.6 Å². The second-order valence-corrected chi connectivity index (χ2v) is 15.3. The highest BCUT2D eigenvalue weighted by molar-refractivity contribution is 7.89. The summed E-state index contributed by atoms with van der Waals surface area (Å²) in [5.74, 6) is 0.0551. The van der Waals surface area contributed by atoms with Crippen LogP contribution in [0.4, 0.5) is 5.69 Å². The molecule has 3 aromatic rings. The van der Waals surface area contributed by atoms with Crippen LogP contribution in [0.1, 0.15) is 56.2 Å². The van der Waals surface area contributed by atoms with Crippen molar-refractivity contribution in [2.45, 2.75) is 62.4 Å². The van der Waals surface area contributed by atoms with E-state index in [0.717, 1.165) is 19.3 Å². The Bertz CT molecular complexity index is 1560. The number of hydrogen-bond donors (Lipinski definition) is 2. The Morgan fingerprint density at radius 1 is 0.949 bits per heavy atom. The van der Waals surface area contributed by atoms with Crippen LogP contribution in [0.2, 0.25) is 0 Å². The molecule has 208 valence electrons. The number of amides is 1. The first-order valence-corrected chi connectivity index (χ1v) is 15.7. The van der Waals surface area contributed by atoms with Gasteiger partial charge >= 0.3 is 0 Å². The molecule has 1 saturated heterocycles. The molecule has 1 aliphatic carbocycles. The fourth-order valence-corrected chi connectivity index (χ4v) is 8.95. The molecule has 1 amide bonds. The maximum Gasteiger partial charge on any atom is 0.255 e. The SMILES string of the molecule is CC1(C)C[C@@H]2C[C@](C)(CN2S(=O)(=O)c2ccc(C(=O)Nc3ccc(S(=O)(=O)NCc4ccco4)cc3)cc2)C1. The summed E-state index contributed by atoms with van der Waals surface area (Å²) in [5.41, 5.74) is 0.771. The summed E-state index contributed by atoms with van der Waals surface area (Å²) in [6.45, 7) is 7.11. The summed E-state index contributed by atoms with van der Waals surface area (Å²) in [4.78, 5) is 13.0.